The van der Waals surface area contributed by atoms with Crippen molar-refractivity contribution in [1.29, 1.82) is 0 Å². The first-order chi connectivity index (χ1) is 8.09. The molecule has 1 aliphatic rings. The molecule has 1 aliphatic heterocycles. The number of hydrogen-bond donors (Lipinski definition) is 1. The maximum absolute atomic E-state index is 11.6. The maximum Gasteiger partial charge on any atom is 0.355 e. The van der Waals surface area contributed by atoms with Crippen molar-refractivity contribution in [3.63, 3.8) is 0 Å². The molecule has 1 heterocycles. The molecule has 17 heavy (non-hydrogen) atoms. The number of rotatable bonds is 2. The van der Waals surface area contributed by atoms with Gasteiger partial charge in [-0.05, 0) is 12.1 Å². The molecule has 2 rings (SSSR count). The molecule has 0 amide bonds. The van der Waals surface area contributed by atoms with Crippen LogP contribution in [0, 0.1) is 0 Å². The van der Waals surface area contributed by atoms with Crippen molar-refractivity contribution in [2.75, 3.05) is 0 Å². The largest absolute Gasteiger partial charge is 0.415 e. The minimum atomic E-state index is -1.25. The van der Waals surface area contributed by atoms with Crippen LogP contribution in [0.5, 0.6) is 0 Å². The van der Waals surface area contributed by atoms with Gasteiger partial charge in [-0.25, -0.2) is 9.59 Å². The summed E-state index contributed by atoms with van der Waals surface area (Å²) in [7, 11) is 0. The summed E-state index contributed by atoms with van der Waals surface area (Å²) in [6, 6.07) is 8.27. The summed E-state index contributed by atoms with van der Waals surface area (Å²) < 4.78 is 9.57. The summed E-state index contributed by atoms with van der Waals surface area (Å²) in [5.74, 6) is -1.44. The molecule has 0 saturated carbocycles. The normalized spacial score (nSPS) is 19.1. The molecular weight excluding hydrogens is 246 g/mol. The van der Waals surface area contributed by atoms with E-state index in [1.54, 1.807) is 30.3 Å². The van der Waals surface area contributed by atoms with E-state index < -0.39 is 18.2 Å². The minimum absolute atomic E-state index is 0.0963. The number of nitrogens with two attached hydrogens (primary N) is 1. The molecule has 0 fully saturated rings. The molecule has 1 aromatic carbocycles. The minimum Gasteiger partial charge on any atom is -0.415 e. The second-order valence-corrected chi connectivity index (χ2v) is 3.66. The Morgan fingerprint density at radius 2 is 2.00 bits per heavy atom. The Bertz CT molecular complexity index is 497. The first-order valence-corrected chi connectivity index (χ1v) is 5.09. The highest BCUT2D eigenvalue weighted by Gasteiger charge is 2.34. The average molecular weight is 254 g/mol. The van der Waals surface area contributed by atoms with E-state index >= 15 is 0 Å². The van der Waals surface area contributed by atoms with Crippen molar-refractivity contribution in [1.82, 2.24) is 0 Å². The van der Waals surface area contributed by atoms with Crippen LogP contribution in [0.25, 0.3) is 0 Å². The van der Waals surface area contributed by atoms with Crippen LogP contribution in [0.3, 0.4) is 0 Å². The van der Waals surface area contributed by atoms with Crippen LogP contribution in [-0.2, 0) is 14.3 Å². The van der Waals surface area contributed by atoms with Crippen molar-refractivity contribution in [2.45, 2.75) is 6.29 Å². The fourth-order valence-corrected chi connectivity index (χ4v) is 1.39. The average Bonchev–Trinajstić information content (AvgIpc) is 2.58. The second-order valence-electron chi connectivity index (χ2n) is 3.28. The van der Waals surface area contributed by atoms with Crippen molar-refractivity contribution in [3.8, 4) is 0 Å². The molecule has 0 saturated heterocycles. The number of esters is 2. The SMILES string of the molecule is NC1=C(Cl)C(=O)OC1OC(=O)c1ccccc1. The highest BCUT2D eigenvalue weighted by molar-refractivity contribution is 6.42. The molecule has 0 spiro atoms. The number of ether oxygens (including phenoxy) is 2. The Balaban J connectivity index is 2.09. The third-order valence-electron chi connectivity index (χ3n) is 2.12. The maximum atomic E-state index is 11.6. The van der Waals surface area contributed by atoms with Crippen LogP contribution in [0.15, 0.2) is 41.1 Å². The Kier molecular flexibility index (Phi) is 3.01. The lowest BCUT2D eigenvalue weighted by Gasteiger charge is -2.11. The van der Waals surface area contributed by atoms with Crippen LogP contribution in [0.4, 0.5) is 0 Å². The van der Waals surface area contributed by atoms with Gasteiger partial charge in [0.25, 0.3) is 6.29 Å². The summed E-state index contributed by atoms with van der Waals surface area (Å²) in [5.41, 5.74) is 5.70. The van der Waals surface area contributed by atoms with Crippen LogP contribution in [-0.4, -0.2) is 18.2 Å². The van der Waals surface area contributed by atoms with E-state index in [0.29, 0.717) is 5.56 Å². The summed E-state index contributed by atoms with van der Waals surface area (Å²) in [6.07, 6.45) is -1.25. The van der Waals surface area contributed by atoms with Crippen LogP contribution in [0.2, 0.25) is 0 Å². The third-order valence-corrected chi connectivity index (χ3v) is 2.50. The van der Waals surface area contributed by atoms with Crippen molar-refractivity contribution >= 4 is 23.5 Å². The van der Waals surface area contributed by atoms with E-state index in [4.69, 9.17) is 22.1 Å². The highest BCUT2D eigenvalue weighted by Crippen LogP contribution is 2.23. The quantitative estimate of drug-likeness (QED) is 0.800. The highest BCUT2D eigenvalue weighted by atomic mass is 35.5. The molecule has 0 aromatic heterocycles. The molecular formula is C11H8ClNO4. The number of hydrogen-bond acceptors (Lipinski definition) is 5. The van der Waals surface area contributed by atoms with Gasteiger partial charge in [0, 0.05) is 0 Å². The van der Waals surface area contributed by atoms with E-state index in [1.165, 1.54) is 0 Å². The molecule has 0 radical (unpaired) electrons. The molecule has 88 valence electrons. The number of carbonyl (C=O) groups is 2. The topological polar surface area (TPSA) is 78.6 Å². The molecule has 1 atom stereocenters. The third kappa shape index (κ3) is 2.24. The van der Waals surface area contributed by atoms with Crippen molar-refractivity contribution in [3.05, 3.63) is 46.6 Å². The van der Waals surface area contributed by atoms with Crippen LogP contribution in [0.1, 0.15) is 10.4 Å². The Hall–Kier alpha value is -2.01. The van der Waals surface area contributed by atoms with E-state index in [9.17, 15) is 9.59 Å². The monoisotopic (exact) mass is 253 g/mol. The second kappa shape index (κ2) is 4.47. The summed E-state index contributed by atoms with van der Waals surface area (Å²) in [6.45, 7) is 0. The number of carbonyl (C=O) groups excluding carboxylic acids is 2. The van der Waals surface area contributed by atoms with Gasteiger partial charge in [0.15, 0.2) is 5.03 Å². The first-order valence-electron chi connectivity index (χ1n) is 4.71. The summed E-state index contributed by atoms with van der Waals surface area (Å²) in [4.78, 5) is 22.7. The van der Waals surface area contributed by atoms with Gasteiger partial charge in [0.2, 0.25) is 0 Å². The molecule has 0 bridgehead atoms. The number of halogens is 1. The predicted octanol–water partition coefficient (Wildman–Crippen LogP) is 1.14. The van der Waals surface area contributed by atoms with Gasteiger partial charge < -0.3 is 15.2 Å². The van der Waals surface area contributed by atoms with Gasteiger partial charge in [0.1, 0.15) is 5.70 Å². The molecule has 6 heteroatoms. The van der Waals surface area contributed by atoms with E-state index in [1.807, 2.05) is 0 Å². The zero-order chi connectivity index (χ0) is 12.4. The van der Waals surface area contributed by atoms with Crippen LogP contribution >= 0.6 is 11.6 Å². The van der Waals surface area contributed by atoms with Gasteiger partial charge in [-0.2, -0.15) is 0 Å². The van der Waals surface area contributed by atoms with Gasteiger partial charge in [-0.15, -0.1) is 0 Å². The van der Waals surface area contributed by atoms with E-state index in [-0.39, 0.29) is 10.7 Å². The zero-order valence-electron chi connectivity index (χ0n) is 8.55. The van der Waals surface area contributed by atoms with Crippen LogP contribution < -0.4 is 5.73 Å². The zero-order valence-corrected chi connectivity index (χ0v) is 9.31. The van der Waals surface area contributed by atoms with E-state index in [0.717, 1.165) is 0 Å². The lowest BCUT2D eigenvalue weighted by Crippen LogP contribution is -2.24. The number of cyclic esters (lactones) is 1. The first kappa shape index (κ1) is 11.5. The lowest BCUT2D eigenvalue weighted by atomic mass is 10.2. The smallest absolute Gasteiger partial charge is 0.355 e. The Morgan fingerprint density at radius 1 is 1.35 bits per heavy atom. The standard InChI is InChI=1S/C11H8ClNO4/c12-7-8(13)11(17-10(7)15)16-9(14)6-4-2-1-3-5-6/h1-5,11H,13H2. The van der Waals surface area contributed by atoms with Gasteiger partial charge >= 0.3 is 11.9 Å². The lowest BCUT2D eigenvalue weighted by molar-refractivity contribution is -0.152. The molecule has 2 N–H and O–H groups in total. The fourth-order valence-electron chi connectivity index (χ4n) is 1.26. The van der Waals surface area contributed by atoms with E-state index in [2.05, 4.69) is 4.74 Å². The molecule has 1 unspecified atom stereocenters. The van der Waals surface area contributed by atoms with Gasteiger partial charge in [-0.1, -0.05) is 29.8 Å². The van der Waals surface area contributed by atoms with Gasteiger partial charge in [-0.3, -0.25) is 0 Å². The Labute approximate surface area is 102 Å². The molecule has 1 aromatic rings. The fraction of sp³-hybridized carbons (Fsp3) is 0.0909. The van der Waals surface area contributed by atoms with Gasteiger partial charge in [0.05, 0.1) is 5.56 Å². The number of benzene rings is 1. The summed E-state index contributed by atoms with van der Waals surface area (Å²) in [5, 5.41) is -0.254. The van der Waals surface area contributed by atoms with Crippen molar-refractivity contribution in [2.24, 2.45) is 5.73 Å². The molecule has 0 aliphatic carbocycles. The summed E-state index contributed by atoms with van der Waals surface area (Å²) >= 11 is 5.53. The predicted molar refractivity (Wildman–Crippen MR) is 58.8 cm³/mol. The molecule has 5 nitrogen and oxygen atoms in total. The van der Waals surface area contributed by atoms with Crippen molar-refractivity contribution < 1.29 is 19.1 Å². The Morgan fingerprint density at radius 3 is 2.53 bits per heavy atom.